The van der Waals surface area contributed by atoms with E-state index in [-0.39, 0.29) is 5.54 Å². The van der Waals surface area contributed by atoms with Crippen molar-refractivity contribution in [2.75, 3.05) is 6.61 Å². The maximum atomic E-state index is 5.79. The number of hydrogen-bond acceptors (Lipinski definition) is 2. The Morgan fingerprint density at radius 3 is 2.09 bits per heavy atom. The number of ether oxygens (including phenoxy) is 1. The molecule has 1 heterocycles. The Morgan fingerprint density at radius 1 is 0.812 bits per heavy atom. The summed E-state index contributed by atoms with van der Waals surface area (Å²) >= 11 is 0. The van der Waals surface area contributed by atoms with Crippen LogP contribution < -0.4 is 0 Å². The summed E-state index contributed by atoms with van der Waals surface area (Å²) in [5.74, 6) is 4.53. The number of nitrogens with zero attached hydrogens (tertiary/aromatic N) is 1. The van der Waals surface area contributed by atoms with Crippen molar-refractivity contribution in [3.05, 3.63) is 59.7 Å². The number of aliphatic imine (C=N–C) groups is 1. The van der Waals surface area contributed by atoms with E-state index in [9.17, 15) is 0 Å². The van der Waals surface area contributed by atoms with Crippen molar-refractivity contribution in [3.63, 3.8) is 0 Å². The first-order chi connectivity index (χ1) is 15.5. The van der Waals surface area contributed by atoms with E-state index in [1.165, 1.54) is 62.5 Å². The molecule has 1 aliphatic heterocycles. The summed E-state index contributed by atoms with van der Waals surface area (Å²) in [6, 6.07) is 18.1. The van der Waals surface area contributed by atoms with E-state index < -0.39 is 0 Å². The van der Waals surface area contributed by atoms with Gasteiger partial charge in [0.2, 0.25) is 5.90 Å². The van der Waals surface area contributed by atoms with Gasteiger partial charge in [-0.25, -0.2) is 4.99 Å². The predicted molar refractivity (Wildman–Crippen MR) is 134 cm³/mol. The first-order valence-electron chi connectivity index (χ1n) is 12.9. The summed E-state index contributed by atoms with van der Waals surface area (Å²) in [5.41, 5.74) is 5.06. The van der Waals surface area contributed by atoms with Gasteiger partial charge in [-0.1, -0.05) is 62.6 Å². The quantitative estimate of drug-likeness (QED) is 0.471. The Balaban J connectivity index is 1.22. The Labute approximate surface area is 194 Å². The van der Waals surface area contributed by atoms with Crippen LogP contribution in [-0.2, 0) is 4.74 Å². The summed E-state index contributed by atoms with van der Waals surface area (Å²) in [6.07, 6.45) is 11.5. The molecule has 0 bridgehead atoms. The van der Waals surface area contributed by atoms with Gasteiger partial charge in [-0.2, -0.15) is 0 Å². The molecule has 2 aromatic rings. The minimum Gasteiger partial charge on any atom is -0.475 e. The lowest BCUT2D eigenvalue weighted by atomic mass is 9.63. The molecule has 3 aliphatic rings. The monoisotopic (exact) mass is 429 g/mol. The van der Waals surface area contributed by atoms with Crippen molar-refractivity contribution in [1.82, 2.24) is 0 Å². The van der Waals surface area contributed by atoms with Crippen molar-refractivity contribution < 1.29 is 4.74 Å². The number of fused-ring (bicyclic) bond motifs is 1. The molecule has 2 aliphatic carbocycles. The minimum absolute atomic E-state index is 0.113. The number of rotatable bonds is 5. The maximum absolute atomic E-state index is 5.79. The standard InChI is InChI=1S/C30H39NO/c1-4-5-21-6-7-28-19-27(17-16-26(28)18-21)24-10-8-22(9-11-24)23-12-14-25(15-13-23)29-31-30(2,3)20-32-29/h8-15,21,26-28H,4-7,16-20H2,1-3H3/t21?,26-,27-,28-/m1/s1. The maximum Gasteiger partial charge on any atom is 0.216 e. The molecule has 5 rings (SSSR count). The lowest BCUT2D eigenvalue weighted by molar-refractivity contribution is 0.114. The molecule has 0 N–H and O–H groups in total. The van der Waals surface area contributed by atoms with Crippen molar-refractivity contribution in [3.8, 4) is 11.1 Å². The first kappa shape index (κ1) is 21.7. The van der Waals surface area contributed by atoms with Gasteiger partial charge in [0.05, 0.1) is 5.54 Å². The highest BCUT2D eigenvalue weighted by molar-refractivity contribution is 5.95. The minimum atomic E-state index is -0.113. The van der Waals surface area contributed by atoms with Gasteiger partial charge in [-0.3, -0.25) is 0 Å². The predicted octanol–water partition coefficient (Wildman–Crippen LogP) is 8.01. The molecule has 0 amide bonds. The van der Waals surface area contributed by atoms with Crippen LogP contribution >= 0.6 is 0 Å². The molecular formula is C30H39NO. The van der Waals surface area contributed by atoms with Crippen molar-refractivity contribution in [1.29, 1.82) is 0 Å². The molecule has 2 heteroatoms. The van der Waals surface area contributed by atoms with E-state index in [1.54, 1.807) is 5.56 Å². The third kappa shape index (κ3) is 4.65. The highest BCUT2D eigenvalue weighted by atomic mass is 16.5. The van der Waals surface area contributed by atoms with Crippen LogP contribution in [0.25, 0.3) is 11.1 Å². The van der Waals surface area contributed by atoms with Gasteiger partial charge in [0.1, 0.15) is 6.61 Å². The van der Waals surface area contributed by atoms with Gasteiger partial charge in [-0.15, -0.1) is 0 Å². The summed E-state index contributed by atoms with van der Waals surface area (Å²) in [6.45, 7) is 7.23. The van der Waals surface area contributed by atoms with Crippen molar-refractivity contribution in [2.45, 2.75) is 83.6 Å². The van der Waals surface area contributed by atoms with Gasteiger partial charge < -0.3 is 4.74 Å². The van der Waals surface area contributed by atoms with Crippen LogP contribution in [0.3, 0.4) is 0 Å². The van der Waals surface area contributed by atoms with Crippen molar-refractivity contribution in [2.24, 2.45) is 22.7 Å². The van der Waals surface area contributed by atoms with E-state index in [4.69, 9.17) is 9.73 Å². The Bertz CT molecular complexity index is 940. The molecule has 1 unspecified atom stereocenters. The summed E-state index contributed by atoms with van der Waals surface area (Å²) in [5, 5.41) is 0. The largest absolute Gasteiger partial charge is 0.475 e. The lowest BCUT2D eigenvalue weighted by Crippen LogP contribution is -2.30. The van der Waals surface area contributed by atoms with Gasteiger partial charge in [-0.05, 0) is 98.4 Å². The molecule has 4 atom stereocenters. The third-order valence-electron chi connectivity index (χ3n) is 8.23. The summed E-state index contributed by atoms with van der Waals surface area (Å²) in [4.78, 5) is 4.69. The van der Waals surface area contributed by atoms with Gasteiger partial charge in [0.15, 0.2) is 0 Å². The van der Waals surface area contributed by atoms with Crippen LogP contribution in [0.15, 0.2) is 53.5 Å². The second-order valence-electron chi connectivity index (χ2n) is 11.2. The normalized spacial score (nSPS) is 29.2. The summed E-state index contributed by atoms with van der Waals surface area (Å²) < 4.78 is 5.79. The molecule has 0 radical (unpaired) electrons. The average molecular weight is 430 g/mol. The molecule has 0 saturated heterocycles. The Hall–Kier alpha value is -2.09. The van der Waals surface area contributed by atoms with E-state index >= 15 is 0 Å². The fourth-order valence-corrected chi connectivity index (χ4v) is 6.44. The van der Waals surface area contributed by atoms with Crippen LogP contribution in [0, 0.1) is 17.8 Å². The first-order valence-corrected chi connectivity index (χ1v) is 12.9. The van der Waals surface area contributed by atoms with Crippen LogP contribution in [0.1, 0.15) is 89.2 Å². The zero-order valence-electron chi connectivity index (χ0n) is 20.1. The fourth-order valence-electron chi connectivity index (χ4n) is 6.44. The molecule has 0 aromatic heterocycles. The molecule has 2 aromatic carbocycles. The second-order valence-corrected chi connectivity index (χ2v) is 11.2. The van der Waals surface area contributed by atoms with E-state index in [0.717, 1.165) is 35.1 Å². The smallest absolute Gasteiger partial charge is 0.216 e. The molecule has 2 saturated carbocycles. The lowest BCUT2D eigenvalue weighted by Gasteiger charge is -2.42. The van der Waals surface area contributed by atoms with Crippen LogP contribution in [0.4, 0.5) is 0 Å². The number of hydrogen-bond donors (Lipinski definition) is 0. The summed E-state index contributed by atoms with van der Waals surface area (Å²) in [7, 11) is 0. The van der Waals surface area contributed by atoms with Gasteiger partial charge in [0, 0.05) is 5.56 Å². The van der Waals surface area contributed by atoms with Crippen LogP contribution in [-0.4, -0.2) is 18.0 Å². The molecule has 32 heavy (non-hydrogen) atoms. The highest BCUT2D eigenvalue weighted by Crippen LogP contribution is 2.48. The van der Waals surface area contributed by atoms with Crippen LogP contribution in [0.2, 0.25) is 0 Å². The van der Waals surface area contributed by atoms with Crippen molar-refractivity contribution >= 4 is 5.90 Å². The fraction of sp³-hybridized carbons (Fsp3) is 0.567. The molecule has 2 fully saturated rings. The zero-order chi connectivity index (χ0) is 22.1. The number of benzene rings is 2. The van der Waals surface area contributed by atoms with E-state index in [0.29, 0.717) is 6.61 Å². The SMILES string of the molecule is CCCC1CC[C@@H]2C[C@H](c3ccc(-c4ccc(C5=NC(C)(C)CO5)cc4)cc3)CC[C@@H]2C1. The third-order valence-corrected chi connectivity index (χ3v) is 8.23. The molecule has 2 nitrogen and oxygen atoms in total. The Morgan fingerprint density at radius 2 is 1.44 bits per heavy atom. The molecular weight excluding hydrogens is 390 g/mol. The molecule has 170 valence electrons. The van der Waals surface area contributed by atoms with E-state index in [2.05, 4.69) is 69.3 Å². The highest BCUT2D eigenvalue weighted by Gasteiger charge is 2.35. The topological polar surface area (TPSA) is 21.6 Å². The zero-order valence-corrected chi connectivity index (χ0v) is 20.1. The van der Waals surface area contributed by atoms with Crippen LogP contribution in [0.5, 0.6) is 0 Å². The van der Waals surface area contributed by atoms with Gasteiger partial charge >= 0.3 is 0 Å². The Kier molecular flexibility index (Phi) is 6.14. The van der Waals surface area contributed by atoms with E-state index in [1.807, 2.05) is 0 Å². The second kappa shape index (κ2) is 9.04. The van der Waals surface area contributed by atoms with Gasteiger partial charge in [0.25, 0.3) is 0 Å². The molecule has 0 spiro atoms. The average Bonchev–Trinajstić information content (AvgIpc) is 3.19.